The maximum Gasteiger partial charge on any atom is 0.153 e. The molecule has 1 fully saturated rings. The van der Waals surface area contributed by atoms with E-state index in [0.717, 1.165) is 6.42 Å². The molecule has 0 spiro atoms. The first-order chi connectivity index (χ1) is 6.41. The molecule has 84 valence electrons. The Kier molecular flexibility index (Phi) is 3.55. The molecule has 14 heavy (non-hydrogen) atoms. The van der Waals surface area contributed by atoms with Gasteiger partial charge in [-0.3, -0.25) is 0 Å². The molecule has 1 rings (SSSR count). The van der Waals surface area contributed by atoms with E-state index in [4.69, 9.17) is 5.11 Å². The van der Waals surface area contributed by atoms with Crippen molar-refractivity contribution >= 4 is 9.84 Å². The second kappa shape index (κ2) is 4.16. The standard InChI is InChI=1S/C9H19NO3S/c1-3-9(2,7-11)6-10-8-4-14(12,13)5-8/h8,10-11H,3-7H2,1-2H3. The van der Waals surface area contributed by atoms with Gasteiger partial charge in [-0.05, 0) is 6.42 Å². The Labute approximate surface area is 85.6 Å². The number of nitrogens with one attached hydrogen (secondary N) is 1. The van der Waals surface area contributed by atoms with E-state index in [9.17, 15) is 8.42 Å². The fourth-order valence-corrected chi connectivity index (χ4v) is 2.73. The summed E-state index contributed by atoms with van der Waals surface area (Å²) in [6.07, 6.45) is 0.885. The average molecular weight is 221 g/mol. The number of rotatable bonds is 5. The normalized spacial score (nSPS) is 25.4. The highest BCUT2D eigenvalue weighted by Crippen LogP contribution is 2.20. The van der Waals surface area contributed by atoms with E-state index in [0.29, 0.717) is 6.54 Å². The molecule has 0 aromatic carbocycles. The first-order valence-electron chi connectivity index (χ1n) is 4.95. The molecule has 0 amide bonds. The highest BCUT2D eigenvalue weighted by atomic mass is 32.2. The van der Waals surface area contributed by atoms with Crippen LogP contribution >= 0.6 is 0 Å². The van der Waals surface area contributed by atoms with Gasteiger partial charge in [0, 0.05) is 24.6 Å². The monoisotopic (exact) mass is 221 g/mol. The van der Waals surface area contributed by atoms with Crippen LogP contribution in [0.2, 0.25) is 0 Å². The topological polar surface area (TPSA) is 66.4 Å². The Bertz CT molecular complexity index is 270. The molecule has 4 nitrogen and oxygen atoms in total. The molecular formula is C9H19NO3S. The van der Waals surface area contributed by atoms with E-state index in [1.54, 1.807) is 0 Å². The van der Waals surface area contributed by atoms with Crippen LogP contribution in [-0.2, 0) is 9.84 Å². The fourth-order valence-electron chi connectivity index (χ4n) is 1.37. The molecule has 2 N–H and O–H groups in total. The van der Waals surface area contributed by atoms with Crippen molar-refractivity contribution in [2.45, 2.75) is 26.3 Å². The van der Waals surface area contributed by atoms with Gasteiger partial charge in [-0.15, -0.1) is 0 Å². The van der Waals surface area contributed by atoms with Crippen molar-refractivity contribution in [1.82, 2.24) is 5.32 Å². The summed E-state index contributed by atoms with van der Waals surface area (Å²) in [6, 6.07) is 0.0948. The molecule has 1 saturated heterocycles. The summed E-state index contributed by atoms with van der Waals surface area (Å²) in [4.78, 5) is 0. The van der Waals surface area contributed by atoms with Crippen LogP contribution in [0.4, 0.5) is 0 Å². The van der Waals surface area contributed by atoms with E-state index in [2.05, 4.69) is 5.32 Å². The SMILES string of the molecule is CCC(C)(CO)CNC1CS(=O)(=O)C1. The summed E-state index contributed by atoms with van der Waals surface area (Å²) in [6.45, 7) is 4.83. The number of aliphatic hydroxyl groups excluding tert-OH is 1. The zero-order chi connectivity index (χ0) is 10.8. The van der Waals surface area contributed by atoms with Crippen LogP contribution in [0.15, 0.2) is 0 Å². The minimum absolute atomic E-state index is 0.0948. The summed E-state index contributed by atoms with van der Waals surface area (Å²) < 4.78 is 21.7. The van der Waals surface area contributed by atoms with Gasteiger partial charge < -0.3 is 10.4 Å². The zero-order valence-corrected chi connectivity index (χ0v) is 9.60. The third-order valence-electron chi connectivity index (χ3n) is 2.96. The molecule has 0 bridgehead atoms. The molecule has 1 aliphatic heterocycles. The van der Waals surface area contributed by atoms with Gasteiger partial charge >= 0.3 is 0 Å². The number of sulfone groups is 1. The Hall–Kier alpha value is -0.130. The van der Waals surface area contributed by atoms with Crippen LogP contribution < -0.4 is 5.32 Å². The molecule has 5 heteroatoms. The fraction of sp³-hybridized carbons (Fsp3) is 1.00. The van der Waals surface area contributed by atoms with Crippen LogP contribution in [0.3, 0.4) is 0 Å². The third-order valence-corrected chi connectivity index (χ3v) is 4.78. The van der Waals surface area contributed by atoms with Gasteiger partial charge in [0.2, 0.25) is 0 Å². The second-order valence-electron chi connectivity index (χ2n) is 4.48. The van der Waals surface area contributed by atoms with E-state index in [1.165, 1.54) is 0 Å². The first-order valence-corrected chi connectivity index (χ1v) is 6.77. The van der Waals surface area contributed by atoms with E-state index < -0.39 is 9.84 Å². The lowest BCUT2D eigenvalue weighted by Gasteiger charge is -2.32. The number of hydrogen-bond acceptors (Lipinski definition) is 4. The Morgan fingerprint density at radius 1 is 1.50 bits per heavy atom. The predicted molar refractivity (Wildman–Crippen MR) is 55.9 cm³/mol. The van der Waals surface area contributed by atoms with E-state index in [1.807, 2.05) is 13.8 Å². The van der Waals surface area contributed by atoms with Gasteiger partial charge in [-0.1, -0.05) is 13.8 Å². The lowest BCUT2D eigenvalue weighted by molar-refractivity contribution is 0.133. The molecule has 0 radical (unpaired) electrons. The summed E-state index contributed by atoms with van der Waals surface area (Å²) in [5.74, 6) is 0.496. The van der Waals surface area contributed by atoms with E-state index in [-0.39, 0.29) is 29.6 Å². The first kappa shape index (κ1) is 11.9. The lowest BCUT2D eigenvalue weighted by Crippen LogP contribution is -2.53. The van der Waals surface area contributed by atoms with Gasteiger partial charge in [0.15, 0.2) is 9.84 Å². The maximum absolute atomic E-state index is 10.9. The molecule has 0 aliphatic carbocycles. The van der Waals surface area contributed by atoms with Gasteiger partial charge in [0.25, 0.3) is 0 Å². The van der Waals surface area contributed by atoms with Crippen molar-refractivity contribution < 1.29 is 13.5 Å². The molecular weight excluding hydrogens is 202 g/mol. The molecule has 1 aliphatic rings. The highest BCUT2D eigenvalue weighted by molar-refractivity contribution is 7.92. The molecule has 0 aromatic heterocycles. The van der Waals surface area contributed by atoms with Gasteiger partial charge in [0.05, 0.1) is 11.5 Å². The molecule has 1 heterocycles. The van der Waals surface area contributed by atoms with Crippen molar-refractivity contribution in [3.8, 4) is 0 Å². The van der Waals surface area contributed by atoms with Gasteiger partial charge in [0.1, 0.15) is 0 Å². The van der Waals surface area contributed by atoms with Crippen LogP contribution in [0.5, 0.6) is 0 Å². The minimum atomic E-state index is -2.74. The molecule has 0 aromatic rings. The number of hydrogen-bond donors (Lipinski definition) is 2. The zero-order valence-electron chi connectivity index (χ0n) is 8.78. The molecule has 1 atom stereocenters. The average Bonchev–Trinajstić information content (AvgIpc) is 2.11. The van der Waals surface area contributed by atoms with Crippen molar-refractivity contribution in [3.05, 3.63) is 0 Å². The lowest BCUT2D eigenvalue weighted by atomic mass is 9.88. The minimum Gasteiger partial charge on any atom is -0.396 e. The largest absolute Gasteiger partial charge is 0.396 e. The Morgan fingerprint density at radius 3 is 2.43 bits per heavy atom. The van der Waals surface area contributed by atoms with E-state index >= 15 is 0 Å². The van der Waals surface area contributed by atoms with Gasteiger partial charge in [-0.2, -0.15) is 0 Å². The summed E-state index contributed by atoms with van der Waals surface area (Å²) >= 11 is 0. The van der Waals surface area contributed by atoms with Crippen LogP contribution in [0, 0.1) is 5.41 Å². The summed E-state index contributed by atoms with van der Waals surface area (Å²) in [5, 5.41) is 12.3. The third kappa shape index (κ3) is 2.93. The van der Waals surface area contributed by atoms with Crippen molar-refractivity contribution in [2.75, 3.05) is 24.7 Å². The van der Waals surface area contributed by atoms with Crippen molar-refractivity contribution in [3.63, 3.8) is 0 Å². The quantitative estimate of drug-likeness (QED) is 0.673. The Balaban J connectivity index is 2.28. The van der Waals surface area contributed by atoms with Crippen LogP contribution in [0.1, 0.15) is 20.3 Å². The smallest absolute Gasteiger partial charge is 0.153 e. The van der Waals surface area contributed by atoms with Gasteiger partial charge in [-0.25, -0.2) is 8.42 Å². The van der Waals surface area contributed by atoms with Crippen molar-refractivity contribution in [2.24, 2.45) is 5.41 Å². The molecule has 0 saturated carbocycles. The Morgan fingerprint density at radius 2 is 2.07 bits per heavy atom. The predicted octanol–water partition coefficient (Wildman–Crippen LogP) is -0.218. The maximum atomic E-state index is 10.9. The van der Waals surface area contributed by atoms with Crippen LogP contribution in [0.25, 0.3) is 0 Å². The summed E-state index contributed by atoms with van der Waals surface area (Å²) in [5.41, 5.74) is -0.126. The number of aliphatic hydroxyl groups is 1. The second-order valence-corrected chi connectivity index (χ2v) is 6.63. The van der Waals surface area contributed by atoms with Crippen LogP contribution in [-0.4, -0.2) is 44.2 Å². The highest BCUT2D eigenvalue weighted by Gasteiger charge is 2.34. The summed E-state index contributed by atoms with van der Waals surface area (Å²) in [7, 11) is -2.74. The molecule has 1 unspecified atom stereocenters. The van der Waals surface area contributed by atoms with Crippen molar-refractivity contribution in [1.29, 1.82) is 0 Å².